The molecule has 8 heteroatoms. The van der Waals surface area contributed by atoms with Crippen LogP contribution in [0.2, 0.25) is 0 Å². The molecule has 2 amide bonds. The molecule has 1 aliphatic rings. The second-order valence-corrected chi connectivity index (χ2v) is 5.08. The number of hydrogen-bond acceptors (Lipinski definition) is 4. The fourth-order valence-electron chi connectivity index (χ4n) is 2.14. The third kappa shape index (κ3) is 3.39. The molecule has 1 aromatic rings. The Morgan fingerprint density at radius 3 is 2.86 bits per heavy atom. The van der Waals surface area contributed by atoms with Gasteiger partial charge >= 0.3 is 12.0 Å². The van der Waals surface area contributed by atoms with Crippen molar-refractivity contribution in [2.75, 3.05) is 26.7 Å². The van der Waals surface area contributed by atoms with Gasteiger partial charge in [0.1, 0.15) is 0 Å². The summed E-state index contributed by atoms with van der Waals surface area (Å²) < 4.78 is 1.50. The number of carboxylic acids is 1. The van der Waals surface area contributed by atoms with Gasteiger partial charge in [0.2, 0.25) is 0 Å². The van der Waals surface area contributed by atoms with Crippen LogP contribution >= 0.6 is 0 Å². The lowest BCUT2D eigenvalue weighted by atomic mass is 10.1. The highest BCUT2D eigenvalue weighted by Crippen LogP contribution is 2.21. The smallest absolute Gasteiger partial charge is 0.358 e. The summed E-state index contributed by atoms with van der Waals surface area (Å²) in [6, 6.07) is -0.0231. The average molecular weight is 293 g/mol. The van der Waals surface area contributed by atoms with Crippen molar-refractivity contribution in [2.45, 2.75) is 18.9 Å². The highest BCUT2D eigenvalue weighted by molar-refractivity contribution is 5.84. The van der Waals surface area contributed by atoms with Crippen LogP contribution in [0.3, 0.4) is 0 Å². The molecule has 0 spiro atoms. The van der Waals surface area contributed by atoms with Crippen LogP contribution in [-0.2, 0) is 0 Å². The lowest BCUT2D eigenvalue weighted by Gasteiger charge is -2.40. The van der Waals surface area contributed by atoms with Crippen LogP contribution in [0.4, 0.5) is 4.79 Å². The van der Waals surface area contributed by atoms with Crippen LogP contribution in [0.5, 0.6) is 0 Å². The summed E-state index contributed by atoms with van der Waals surface area (Å²) >= 11 is 0. The van der Waals surface area contributed by atoms with E-state index in [1.165, 1.54) is 10.9 Å². The molecule has 21 heavy (non-hydrogen) atoms. The summed E-state index contributed by atoms with van der Waals surface area (Å²) in [5, 5.41) is 16.1. The van der Waals surface area contributed by atoms with E-state index >= 15 is 0 Å². The summed E-state index contributed by atoms with van der Waals surface area (Å²) in [4.78, 5) is 26.2. The predicted molar refractivity (Wildman–Crippen MR) is 75.0 cm³/mol. The van der Waals surface area contributed by atoms with Crippen LogP contribution in [-0.4, -0.2) is 68.6 Å². The van der Waals surface area contributed by atoms with Gasteiger partial charge in [-0.1, -0.05) is 11.3 Å². The third-order valence-electron chi connectivity index (χ3n) is 3.46. The largest absolute Gasteiger partial charge is 0.476 e. The van der Waals surface area contributed by atoms with Gasteiger partial charge in [-0.25, -0.2) is 14.3 Å². The minimum absolute atomic E-state index is 0.00359. The van der Waals surface area contributed by atoms with Crippen molar-refractivity contribution >= 4 is 12.0 Å². The maximum Gasteiger partial charge on any atom is 0.358 e. The van der Waals surface area contributed by atoms with E-state index in [1.807, 2.05) is 6.08 Å². The Hall–Kier alpha value is -2.38. The number of carboxylic acid groups (broad SMARTS) is 1. The predicted octanol–water partition coefficient (Wildman–Crippen LogP) is 0.851. The van der Waals surface area contributed by atoms with E-state index in [9.17, 15) is 9.59 Å². The molecule has 2 heterocycles. The molecule has 0 saturated carbocycles. The first-order valence-electron chi connectivity index (χ1n) is 6.79. The van der Waals surface area contributed by atoms with Gasteiger partial charge in [0.15, 0.2) is 5.69 Å². The van der Waals surface area contributed by atoms with E-state index in [-0.39, 0.29) is 17.8 Å². The number of nitrogens with zero attached hydrogens (tertiary/aromatic N) is 5. The number of aromatic carboxylic acids is 1. The molecule has 1 aromatic heterocycles. The lowest BCUT2D eigenvalue weighted by molar-refractivity contribution is 0.0689. The SMILES string of the molecule is C=CCCCN(C)C(=O)N1CC(n2cc(C(=O)O)nn2)C1. The van der Waals surface area contributed by atoms with Crippen molar-refractivity contribution < 1.29 is 14.7 Å². The van der Waals surface area contributed by atoms with Crippen molar-refractivity contribution in [3.8, 4) is 0 Å². The molecule has 0 bridgehead atoms. The zero-order valence-electron chi connectivity index (χ0n) is 12.0. The van der Waals surface area contributed by atoms with E-state index in [4.69, 9.17) is 5.11 Å². The number of hydrogen-bond donors (Lipinski definition) is 1. The molecule has 1 saturated heterocycles. The molecule has 0 unspecified atom stereocenters. The molecule has 0 radical (unpaired) electrons. The zero-order chi connectivity index (χ0) is 15.4. The summed E-state index contributed by atoms with van der Waals surface area (Å²) in [7, 11) is 1.77. The Bertz CT molecular complexity index is 536. The summed E-state index contributed by atoms with van der Waals surface area (Å²) in [5.74, 6) is -1.10. The average Bonchev–Trinajstić information content (AvgIpc) is 2.86. The summed E-state index contributed by atoms with van der Waals surface area (Å²) in [6.07, 6.45) is 5.01. The third-order valence-corrected chi connectivity index (χ3v) is 3.46. The molecule has 2 rings (SSSR count). The Balaban J connectivity index is 1.81. The summed E-state index contributed by atoms with van der Waals surface area (Å²) in [6.45, 7) is 5.39. The van der Waals surface area contributed by atoms with Gasteiger partial charge in [-0.2, -0.15) is 0 Å². The highest BCUT2D eigenvalue weighted by Gasteiger charge is 2.34. The van der Waals surface area contributed by atoms with E-state index in [1.54, 1.807) is 16.8 Å². The second-order valence-electron chi connectivity index (χ2n) is 5.08. The van der Waals surface area contributed by atoms with E-state index in [2.05, 4.69) is 16.9 Å². The Labute approximate surface area is 122 Å². The van der Waals surface area contributed by atoms with E-state index in [0.29, 0.717) is 19.6 Å². The number of carbonyl (C=O) groups excluding carboxylic acids is 1. The molecular weight excluding hydrogens is 274 g/mol. The Morgan fingerprint density at radius 1 is 1.57 bits per heavy atom. The topological polar surface area (TPSA) is 91.6 Å². The highest BCUT2D eigenvalue weighted by atomic mass is 16.4. The van der Waals surface area contributed by atoms with Crippen LogP contribution in [0.15, 0.2) is 18.9 Å². The van der Waals surface area contributed by atoms with Crippen molar-refractivity contribution in [1.82, 2.24) is 24.8 Å². The first-order valence-corrected chi connectivity index (χ1v) is 6.79. The Kier molecular flexibility index (Phi) is 4.56. The molecule has 0 atom stereocenters. The lowest BCUT2D eigenvalue weighted by Crippen LogP contribution is -2.54. The first-order chi connectivity index (χ1) is 10.0. The quantitative estimate of drug-likeness (QED) is 0.620. The zero-order valence-corrected chi connectivity index (χ0v) is 12.0. The molecule has 0 aromatic carbocycles. The van der Waals surface area contributed by atoms with Crippen molar-refractivity contribution in [1.29, 1.82) is 0 Å². The number of carbonyl (C=O) groups is 2. The number of rotatable bonds is 6. The van der Waals surface area contributed by atoms with E-state index in [0.717, 1.165) is 12.8 Å². The number of aromatic nitrogens is 3. The monoisotopic (exact) mass is 293 g/mol. The van der Waals surface area contributed by atoms with Crippen LogP contribution < -0.4 is 0 Å². The molecule has 1 N–H and O–H groups in total. The molecule has 8 nitrogen and oxygen atoms in total. The van der Waals surface area contributed by atoms with E-state index < -0.39 is 5.97 Å². The number of allylic oxidation sites excluding steroid dienone is 1. The molecule has 0 aliphatic carbocycles. The standard InChI is InChI=1S/C13H19N5O3/c1-3-4-5-6-16(2)13(21)17-7-10(8-17)18-9-11(12(19)20)14-15-18/h3,9-10H,1,4-8H2,2H3,(H,19,20). The van der Waals surface area contributed by atoms with Crippen molar-refractivity contribution in [2.24, 2.45) is 0 Å². The summed E-state index contributed by atoms with van der Waals surface area (Å²) in [5.41, 5.74) is -0.0821. The molecular formula is C13H19N5O3. The number of urea groups is 1. The van der Waals surface area contributed by atoms with Gasteiger partial charge in [0, 0.05) is 26.7 Å². The maximum absolute atomic E-state index is 12.1. The van der Waals surface area contributed by atoms with Gasteiger partial charge in [-0.15, -0.1) is 11.7 Å². The van der Waals surface area contributed by atoms with Crippen LogP contribution in [0, 0.1) is 0 Å². The van der Waals surface area contributed by atoms with Gasteiger partial charge in [-0.3, -0.25) is 0 Å². The van der Waals surface area contributed by atoms with Gasteiger partial charge in [0.25, 0.3) is 0 Å². The van der Waals surface area contributed by atoms with Crippen molar-refractivity contribution in [3.05, 3.63) is 24.5 Å². The number of amides is 2. The normalized spacial score (nSPS) is 14.6. The van der Waals surface area contributed by atoms with Crippen LogP contribution in [0.25, 0.3) is 0 Å². The minimum atomic E-state index is -1.10. The fourth-order valence-corrected chi connectivity index (χ4v) is 2.14. The van der Waals surface area contributed by atoms with Gasteiger partial charge in [-0.05, 0) is 12.8 Å². The van der Waals surface area contributed by atoms with Gasteiger partial charge in [0.05, 0.1) is 12.2 Å². The van der Waals surface area contributed by atoms with Crippen LogP contribution in [0.1, 0.15) is 29.4 Å². The molecule has 1 fully saturated rings. The number of unbranched alkanes of at least 4 members (excludes halogenated alkanes) is 1. The van der Waals surface area contributed by atoms with Crippen molar-refractivity contribution in [3.63, 3.8) is 0 Å². The number of likely N-dealkylation sites (tertiary alicyclic amines) is 1. The molecule has 1 aliphatic heterocycles. The van der Waals surface area contributed by atoms with Gasteiger partial charge < -0.3 is 14.9 Å². The minimum Gasteiger partial charge on any atom is -0.476 e. The first kappa shape index (κ1) is 15.0. The Morgan fingerprint density at radius 2 is 2.29 bits per heavy atom. The second kappa shape index (κ2) is 6.38. The fraction of sp³-hybridized carbons (Fsp3) is 0.538. The molecule has 114 valence electrons. The maximum atomic E-state index is 12.1.